The third kappa shape index (κ3) is 3.34. The lowest BCUT2D eigenvalue weighted by atomic mass is 10.3. The molecule has 0 bridgehead atoms. The molecule has 10 heavy (non-hydrogen) atoms. The minimum Gasteiger partial charge on any atom is -0.481 e. The molecule has 0 aromatic rings. The Morgan fingerprint density at radius 3 is 2.10 bits per heavy atom. The molecule has 1 unspecified atom stereocenters. The number of hydrogen-bond acceptors (Lipinski definition) is 3. The van der Waals surface area contributed by atoms with E-state index in [1.807, 2.05) is 0 Å². The van der Waals surface area contributed by atoms with E-state index < -0.39 is 17.2 Å². The fourth-order valence-corrected chi connectivity index (χ4v) is 0.779. The molecule has 0 aliphatic carbocycles. The number of carboxylic acid groups (broad SMARTS) is 2. The first kappa shape index (κ1) is 9.29. The van der Waals surface area contributed by atoms with E-state index in [0.717, 1.165) is 11.8 Å². The second-order valence-corrected chi connectivity index (χ2v) is 2.49. The van der Waals surface area contributed by atoms with Gasteiger partial charge in [0.1, 0.15) is 5.25 Å². The summed E-state index contributed by atoms with van der Waals surface area (Å²) in [6.45, 7) is 0. The highest BCUT2D eigenvalue weighted by atomic mass is 32.2. The van der Waals surface area contributed by atoms with Crippen LogP contribution in [-0.4, -0.2) is 27.4 Å². The molecule has 0 saturated carbocycles. The fraction of sp³-hybridized carbons (Fsp3) is 0.400. The summed E-state index contributed by atoms with van der Waals surface area (Å²) in [4.78, 5) is 20.1. The number of hydrogen-bond donors (Lipinski definition) is 2. The molecule has 1 atom stereocenters. The van der Waals surface area contributed by atoms with Crippen molar-refractivity contribution in [2.24, 2.45) is 0 Å². The van der Waals surface area contributed by atoms with Crippen LogP contribution in [0.1, 0.15) is 6.42 Å². The molecule has 0 spiro atoms. The van der Waals surface area contributed by atoms with Gasteiger partial charge in [-0.05, 0) is 0 Å². The summed E-state index contributed by atoms with van der Waals surface area (Å²) in [6.07, 6.45) is 2.85. The molecule has 0 saturated heterocycles. The highest BCUT2D eigenvalue weighted by molar-refractivity contribution is 8.01. The molecule has 0 aromatic carbocycles. The number of aliphatic carboxylic acids is 2. The third-order valence-corrected chi connectivity index (χ3v) is 1.61. The predicted molar refractivity (Wildman–Crippen MR) is 36.6 cm³/mol. The van der Waals surface area contributed by atoms with E-state index in [-0.39, 0.29) is 6.42 Å². The van der Waals surface area contributed by atoms with Crippen LogP contribution >= 0.6 is 11.8 Å². The highest BCUT2D eigenvalue weighted by Gasteiger charge is 2.18. The topological polar surface area (TPSA) is 74.6 Å². The fourth-order valence-electron chi connectivity index (χ4n) is 0.376. The van der Waals surface area contributed by atoms with Crippen LogP contribution in [0, 0.1) is 6.26 Å². The van der Waals surface area contributed by atoms with Crippen LogP contribution in [-0.2, 0) is 9.59 Å². The van der Waals surface area contributed by atoms with E-state index in [0.29, 0.717) is 0 Å². The molecule has 0 aromatic heterocycles. The van der Waals surface area contributed by atoms with Crippen molar-refractivity contribution in [1.29, 1.82) is 0 Å². The second kappa shape index (κ2) is 4.16. The molecule has 0 aliphatic heterocycles. The number of carbonyl (C=O) groups is 2. The van der Waals surface area contributed by atoms with Gasteiger partial charge in [0.2, 0.25) is 0 Å². The monoisotopic (exact) mass is 163 g/mol. The summed E-state index contributed by atoms with van der Waals surface area (Å²) in [5, 5.41) is 15.5. The molecule has 0 aliphatic rings. The molecule has 0 amide bonds. The van der Waals surface area contributed by atoms with Crippen LogP contribution in [0.5, 0.6) is 0 Å². The van der Waals surface area contributed by atoms with Gasteiger partial charge >= 0.3 is 11.9 Å². The second-order valence-electron chi connectivity index (χ2n) is 1.59. The zero-order valence-corrected chi connectivity index (χ0v) is 5.93. The number of thioether (sulfide) groups is 1. The van der Waals surface area contributed by atoms with Crippen molar-refractivity contribution in [3.63, 3.8) is 0 Å². The summed E-state index contributed by atoms with van der Waals surface area (Å²) < 4.78 is 0. The molecule has 57 valence electrons. The molecule has 0 heterocycles. The minimum absolute atomic E-state index is 0.385. The Balaban J connectivity index is 3.83. The van der Waals surface area contributed by atoms with Gasteiger partial charge in [0, 0.05) is 6.26 Å². The van der Waals surface area contributed by atoms with E-state index >= 15 is 0 Å². The summed E-state index contributed by atoms with van der Waals surface area (Å²) in [5.74, 6) is -2.26. The normalized spacial score (nSPS) is 12.5. The number of rotatable bonds is 4. The van der Waals surface area contributed by atoms with Gasteiger partial charge in [0.05, 0.1) is 6.42 Å². The van der Waals surface area contributed by atoms with Gasteiger partial charge in [-0.25, -0.2) is 0 Å². The molecule has 0 fully saturated rings. The smallest absolute Gasteiger partial charge is 0.317 e. The van der Waals surface area contributed by atoms with Crippen molar-refractivity contribution in [2.75, 3.05) is 0 Å². The zero-order valence-electron chi connectivity index (χ0n) is 5.11. The molecule has 2 N–H and O–H groups in total. The Morgan fingerprint density at radius 1 is 1.50 bits per heavy atom. The van der Waals surface area contributed by atoms with Crippen molar-refractivity contribution in [3.8, 4) is 0 Å². The van der Waals surface area contributed by atoms with Crippen molar-refractivity contribution in [1.82, 2.24) is 0 Å². The Kier molecular flexibility index (Phi) is 3.87. The van der Waals surface area contributed by atoms with Crippen LogP contribution < -0.4 is 0 Å². The number of carboxylic acids is 2. The maximum Gasteiger partial charge on any atom is 0.317 e. The lowest BCUT2D eigenvalue weighted by Crippen LogP contribution is -2.19. The van der Waals surface area contributed by atoms with Gasteiger partial charge in [0.25, 0.3) is 0 Å². The van der Waals surface area contributed by atoms with Crippen LogP contribution in [0.15, 0.2) is 0 Å². The van der Waals surface area contributed by atoms with Crippen LogP contribution in [0.4, 0.5) is 0 Å². The van der Waals surface area contributed by atoms with E-state index in [9.17, 15) is 9.59 Å². The average Bonchev–Trinajstić information content (AvgIpc) is 1.81. The van der Waals surface area contributed by atoms with E-state index in [1.54, 1.807) is 0 Å². The molecule has 5 heteroatoms. The molecular formula is C5H7O4S. The van der Waals surface area contributed by atoms with Crippen molar-refractivity contribution in [3.05, 3.63) is 6.26 Å². The van der Waals surface area contributed by atoms with Crippen LogP contribution in [0.25, 0.3) is 0 Å². The third-order valence-electron chi connectivity index (χ3n) is 0.837. The van der Waals surface area contributed by atoms with Crippen LogP contribution in [0.2, 0.25) is 0 Å². The predicted octanol–water partition coefficient (Wildman–Crippen LogP) is 0.439. The Bertz CT molecular complexity index is 145. The quantitative estimate of drug-likeness (QED) is 0.629. The van der Waals surface area contributed by atoms with Gasteiger partial charge in [-0.15, -0.1) is 11.8 Å². The maximum atomic E-state index is 10.1. The summed E-state index contributed by atoms with van der Waals surface area (Å²) in [7, 11) is 0. The maximum absolute atomic E-state index is 10.1. The first-order chi connectivity index (χ1) is 4.57. The SMILES string of the molecule is [CH2]SC(CC(=O)O)C(=O)O. The Hall–Kier alpha value is -0.710. The van der Waals surface area contributed by atoms with E-state index in [2.05, 4.69) is 6.26 Å². The molecular weight excluding hydrogens is 156 g/mol. The standard InChI is InChI=1S/C5H7O4S/c1-10-3(5(8)9)2-4(6)7/h3H,1-2H2,(H,6,7)(H,8,9). The largest absolute Gasteiger partial charge is 0.481 e. The highest BCUT2D eigenvalue weighted by Crippen LogP contribution is 2.12. The van der Waals surface area contributed by atoms with Crippen LogP contribution in [0.3, 0.4) is 0 Å². The lowest BCUT2D eigenvalue weighted by Gasteiger charge is -2.03. The Labute approximate surface area is 62.2 Å². The lowest BCUT2D eigenvalue weighted by molar-refractivity contribution is -0.142. The van der Waals surface area contributed by atoms with Crippen molar-refractivity contribution in [2.45, 2.75) is 11.7 Å². The van der Waals surface area contributed by atoms with Crippen molar-refractivity contribution >= 4 is 23.7 Å². The van der Waals surface area contributed by atoms with Gasteiger partial charge in [-0.1, -0.05) is 0 Å². The van der Waals surface area contributed by atoms with E-state index in [1.165, 1.54) is 0 Å². The average molecular weight is 163 g/mol. The zero-order chi connectivity index (χ0) is 8.15. The van der Waals surface area contributed by atoms with Gasteiger partial charge in [0.15, 0.2) is 0 Å². The summed E-state index contributed by atoms with van der Waals surface area (Å²) in [6, 6.07) is 0. The molecule has 1 radical (unpaired) electrons. The first-order valence-corrected chi connectivity index (χ1v) is 3.48. The van der Waals surface area contributed by atoms with Gasteiger partial charge in [-0.2, -0.15) is 0 Å². The summed E-state index contributed by atoms with van der Waals surface area (Å²) in [5.41, 5.74) is 0. The minimum atomic E-state index is -1.14. The van der Waals surface area contributed by atoms with Gasteiger partial charge in [-0.3, -0.25) is 9.59 Å². The van der Waals surface area contributed by atoms with E-state index in [4.69, 9.17) is 10.2 Å². The molecule has 4 nitrogen and oxygen atoms in total. The van der Waals surface area contributed by atoms with Gasteiger partial charge < -0.3 is 10.2 Å². The molecule has 0 rings (SSSR count). The summed E-state index contributed by atoms with van der Waals surface area (Å²) >= 11 is 0.776. The van der Waals surface area contributed by atoms with Crippen molar-refractivity contribution < 1.29 is 19.8 Å². The first-order valence-electron chi connectivity index (χ1n) is 2.43. The Morgan fingerprint density at radius 2 is 2.00 bits per heavy atom.